The highest BCUT2D eigenvalue weighted by molar-refractivity contribution is 5.81. The minimum absolute atomic E-state index is 0.232. The Morgan fingerprint density at radius 1 is 0.897 bits per heavy atom. The minimum atomic E-state index is 0.232. The molecule has 0 atom stereocenters. The SMILES string of the molecule is C=C1CCCCc2cc(c(OC)c(OC)c2OCCC)-c2cc(ccc2O)CC1. The molecule has 1 aliphatic rings. The summed E-state index contributed by atoms with van der Waals surface area (Å²) >= 11 is 0. The molecule has 0 saturated carbocycles. The van der Waals surface area contributed by atoms with E-state index >= 15 is 0 Å². The van der Waals surface area contributed by atoms with Gasteiger partial charge in [0.05, 0.1) is 20.8 Å². The summed E-state index contributed by atoms with van der Waals surface area (Å²) in [6, 6.07) is 7.89. The molecule has 3 rings (SSSR count). The maximum Gasteiger partial charge on any atom is 0.204 e. The number of phenols is 1. The highest BCUT2D eigenvalue weighted by atomic mass is 16.5. The molecule has 4 nitrogen and oxygen atoms in total. The highest BCUT2D eigenvalue weighted by Crippen LogP contribution is 2.49. The molecule has 1 aliphatic carbocycles. The number of aromatic hydroxyl groups is 1. The number of ether oxygens (including phenoxy) is 3. The molecule has 4 heteroatoms. The first-order chi connectivity index (χ1) is 14.1. The monoisotopic (exact) mass is 396 g/mol. The van der Waals surface area contributed by atoms with E-state index in [1.807, 2.05) is 12.1 Å². The van der Waals surface area contributed by atoms with Gasteiger partial charge in [-0.2, -0.15) is 0 Å². The molecule has 4 bridgehead atoms. The van der Waals surface area contributed by atoms with Crippen molar-refractivity contribution in [2.75, 3.05) is 20.8 Å². The van der Waals surface area contributed by atoms with E-state index in [0.29, 0.717) is 18.1 Å². The van der Waals surface area contributed by atoms with Crippen molar-refractivity contribution in [3.63, 3.8) is 0 Å². The molecule has 0 aliphatic heterocycles. The smallest absolute Gasteiger partial charge is 0.204 e. The Morgan fingerprint density at radius 3 is 2.38 bits per heavy atom. The van der Waals surface area contributed by atoms with Gasteiger partial charge in [0.15, 0.2) is 11.5 Å². The molecular formula is C25H32O4. The van der Waals surface area contributed by atoms with E-state index in [0.717, 1.165) is 67.4 Å². The van der Waals surface area contributed by atoms with Gasteiger partial charge in [-0.1, -0.05) is 25.1 Å². The molecule has 0 amide bonds. The van der Waals surface area contributed by atoms with Crippen LogP contribution >= 0.6 is 0 Å². The van der Waals surface area contributed by atoms with Crippen molar-refractivity contribution >= 4 is 0 Å². The summed E-state index contributed by atoms with van der Waals surface area (Å²) in [5, 5.41) is 10.6. The second-order valence-corrected chi connectivity index (χ2v) is 7.64. The molecule has 0 radical (unpaired) electrons. The van der Waals surface area contributed by atoms with Crippen LogP contribution in [0.5, 0.6) is 23.0 Å². The third-order valence-electron chi connectivity index (χ3n) is 5.47. The number of hydrogen-bond acceptors (Lipinski definition) is 4. The fraction of sp³-hybridized carbons (Fsp3) is 0.440. The van der Waals surface area contributed by atoms with Crippen molar-refractivity contribution in [3.05, 3.63) is 47.5 Å². The van der Waals surface area contributed by atoms with E-state index < -0.39 is 0 Å². The lowest BCUT2D eigenvalue weighted by Gasteiger charge is -2.21. The van der Waals surface area contributed by atoms with Crippen LogP contribution in [0.15, 0.2) is 36.4 Å². The van der Waals surface area contributed by atoms with Gasteiger partial charge >= 0.3 is 0 Å². The summed E-state index contributed by atoms with van der Waals surface area (Å²) in [7, 11) is 3.27. The topological polar surface area (TPSA) is 47.9 Å². The Kier molecular flexibility index (Phi) is 7.08. The van der Waals surface area contributed by atoms with Crippen LogP contribution in [0.2, 0.25) is 0 Å². The zero-order chi connectivity index (χ0) is 20.8. The predicted octanol–water partition coefficient (Wildman–Crippen LogP) is 6.08. The highest BCUT2D eigenvalue weighted by Gasteiger charge is 2.24. The van der Waals surface area contributed by atoms with Gasteiger partial charge in [0.1, 0.15) is 5.75 Å². The number of methoxy groups -OCH3 is 2. The van der Waals surface area contributed by atoms with Crippen LogP contribution in [0.1, 0.15) is 50.2 Å². The lowest BCUT2D eigenvalue weighted by Crippen LogP contribution is -2.05. The molecule has 0 aromatic heterocycles. The fourth-order valence-electron chi connectivity index (χ4n) is 3.90. The first-order valence-electron chi connectivity index (χ1n) is 10.5. The van der Waals surface area contributed by atoms with Crippen molar-refractivity contribution in [1.82, 2.24) is 0 Å². The van der Waals surface area contributed by atoms with Gasteiger partial charge in [0, 0.05) is 11.1 Å². The maximum atomic E-state index is 10.6. The molecule has 0 spiro atoms. The van der Waals surface area contributed by atoms with Gasteiger partial charge in [0.25, 0.3) is 0 Å². The first-order valence-corrected chi connectivity index (χ1v) is 10.5. The fourth-order valence-corrected chi connectivity index (χ4v) is 3.90. The van der Waals surface area contributed by atoms with E-state index in [-0.39, 0.29) is 5.75 Å². The first kappa shape index (κ1) is 21.1. The third-order valence-corrected chi connectivity index (χ3v) is 5.47. The Morgan fingerprint density at radius 2 is 1.66 bits per heavy atom. The molecule has 0 saturated heterocycles. The Bertz CT molecular complexity index is 870. The average molecular weight is 397 g/mol. The number of phenolic OH excluding ortho intramolecular Hbond substituents is 1. The van der Waals surface area contributed by atoms with Crippen LogP contribution in [0.3, 0.4) is 0 Å². The summed E-state index contributed by atoms with van der Waals surface area (Å²) in [5.41, 5.74) is 5.13. The van der Waals surface area contributed by atoms with Crippen LogP contribution < -0.4 is 14.2 Å². The number of benzene rings is 2. The summed E-state index contributed by atoms with van der Waals surface area (Å²) in [6.45, 7) is 6.95. The largest absolute Gasteiger partial charge is 0.507 e. The van der Waals surface area contributed by atoms with Crippen molar-refractivity contribution in [2.24, 2.45) is 0 Å². The Labute approximate surface area is 174 Å². The number of fused-ring (bicyclic) bond motifs is 5. The summed E-state index contributed by atoms with van der Waals surface area (Å²) in [6.07, 6.45) is 6.84. The quantitative estimate of drug-likeness (QED) is 0.622. The number of rotatable bonds is 5. The van der Waals surface area contributed by atoms with E-state index in [1.54, 1.807) is 20.3 Å². The van der Waals surface area contributed by atoms with Crippen molar-refractivity contribution in [3.8, 4) is 34.1 Å². The molecule has 2 aromatic carbocycles. The number of allylic oxidation sites excluding steroid dienone is 1. The molecule has 29 heavy (non-hydrogen) atoms. The Hall–Kier alpha value is -2.62. The zero-order valence-electron chi connectivity index (χ0n) is 17.8. The van der Waals surface area contributed by atoms with Crippen molar-refractivity contribution in [1.29, 1.82) is 0 Å². The van der Waals surface area contributed by atoms with Gasteiger partial charge in [-0.3, -0.25) is 0 Å². The third kappa shape index (κ3) is 4.69. The van der Waals surface area contributed by atoms with Crippen LogP contribution in [-0.4, -0.2) is 25.9 Å². The second kappa shape index (κ2) is 9.73. The molecule has 0 fully saturated rings. The normalized spacial score (nSPS) is 14.4. The van der Waals surface area contributed by atoms with Crippen molar-refractivity contribution in [2.45, 2.75) is 51.9 Å². The lowest BCUT2D eigenvalue weighted by molar-refractivity contribution is 0.281. The summed E-state index contributed by atoms with van der Waals surface area (Å²) in [4.78, 5) is 0. The van der Waals surface area contributed by atoms with Gasteiger partial charge in [-0.05, 0) is 74.3 Å². The minimum Gasteiger partial charge on any atom is -0.507 e. The standard InChI is InChI=1S/C25H32O4/c1-5-14-29-23-19-9-7-6-8-17(2)10-11-18-12-13-22(26)20(15-18)21(16-19)24(27-3)25(23)28-4/h12-13,15-16,26H,2,5-11,14H2,1,3-4H3. The van der Waals surface area contributed by atoms with Crippen LogP contribution in [-0.2, 0) is 12.8 Å². The molecular weight excluding hydrogens is 364 g/mol. The van der Waals surface area contributed by atoms with Gasteiger partial charge in [-0.25, -0.2) is 0 Å². The molecule has 1 N–H and O–H groups in total. The second-order valence-electron chi connectivity index (χ2n) is 7.64. The number of aryl methyl sites for hydroxylation is 2. The predicted molar refractivity (Wildman–Crippen MR) is 117 cm³/mol. The van der Waals surface area contributed by atoms with Crippen LogP contribution in [0.25, 0.3) is 11.1 Å². The maximum absolute atomic E-state index is 10.6. The van der Waals surface area contributed by atoms with Crippen LogP contribution in [0.4, 0.5) is 0 Å². The Balaban J connectivity index is 2.23. The lowest BCUT2D eigenvalue weighted by atomic mass is 9.95. The van der Waals surface area contributed by atoms with E-state index in [4.69, 9.17) is 14.2 Å². The van der Waals surface area contributed by atoms with Crippen molar-refractivity contribution < 1.29 is 19.3 Å². The van der Waals surface area contributed by atoms with E-state index in [9.17, 15) is 5.11 Å². The van der Waals surface area contributed by atoms with E-state index in [2.05, 4.69) is 19.6 Å². The molecule has 0 unspecified atom stereocenters. The van der Waals surface area contributed by atoms with Gasteiger partial charge in [0.2, 0.25) is 5.75 Å². The summed E-state index contributed by atoms with van der Waals surface area (Å²) < 4.78 is 17.6. The average Bonchev–Trinajstić information content (AvgIpc) is 2.74. The van der Waals surface area contributed by atoms with Gasteiger partial charge < -0.3 is 19.3 Å². The molecule has 2 aromatic rings. The summed E-state index contributed by atoms with van der Waals surface area (Å²) in [5.74, 6) is 2.17. The molecule has 0 heterocycles. The van der Waals surface area contributed by atoms with Crippen LogP contribution in [0, 0.1) is 0 Å². The number of hydrogen-bond donors (Lipinski definition) is 1. The molecule has 156 valence electrons. The van der Waals surface area contributed by atoms with Gasteiger partial charge in [-0.15, -0.1) is 0 Å². The zero-order valence-corrected chi connectivity index (χ0v) is 17.8. The van der Waals surface area contributed by atoms with E-state index in [1.165, 1.54) is 11.1 Å².